The van der Waals surface area contributed by atoms with Gasteiger partial charge in [0.2, 0.25) is 11.8 Å². The lowest BCUT2D eigenvalue weighted by Crippen LogP contribution is -2.48. The first kappa shape index (κ1) is 43.3. The van der Waals surface area contributed by atoms with Gasteiger partial charge in [0.15, 0.2) is 11.3 Å². The van der Waals surface area contributed by atoms with Crippen LogP contribution >= 0.6 is 0 Å². The lowest BCUT2D eigenvalue weighted by molar-refractivity contribution is -0.135. The van der Waals surface area contributed by atoms with Crippen molar-refractivity contribution >= 4 is 40.1 Å². The summed E-state index contributed by atoms with van der Waals surface area (Å²) in [7, 11) is 3.30. The number of nitrogens with zero attached hydrogens (tertiary/aromatic N) is 10. The zero-order valence-corrected chi connectivity index (χ0v) is 35.7. The summed E-state index contributed by atoms with van der Waals surface area (Å²) in [5.41, 5.74) is 1.12. The fraction of sp³-hybridized carbons (Fsp3) is 0.523. The molecule has 7 heterocycles. The molecule has 3 saturated heterocycles. The van der Waals surface area contributed by atoms with Crippen molar-refractivity contribution in [2.75, 3.05) is 64.7 Å². The van der Waals surface area contributed by atoms with Gasteiger partial charge in [-0.1, -0.05) is 17.9 Å². The molecule has 2 unspecified atom stereocenters. The highest BCUT2D eigenvalue weighted by molar-refractivity contribution is 6.08. The number of para-hydroxylation sites is 1. The number of piperidine rings is 2. The monoisotopic (exact) mass is 886 g/mol. The van der Waals surface area contributed by atoms with Crippen molar-refractivity contribution in [2.45, 2.75) is 75.3 Å². The van der Waals surface area contributed by atoms with Crippen molar-refractivity contribution in [2.24, 2.45) is 13.0 Å². The molecular formula is C44H50F4N12O4. The van der Waals surface area contributed by atoms with Crippen LogP contribution in [0.1, 0.15) is 96.7 Å². The molecule has 0 spiro atoms. The molecule has 1 aromatic carbocycles. The van der Waals surface area contributed by atoms with E-state index in [2.05, 4.69) is 47.5 Å². The van der Waals surface area contributed by atoms with Crippen molar-refractivity contribution in [3.8, 4) is 11.8 Å². The molecule has 1 saturated carbocycles. The highest BCUT2D eigenvalue weighted by atomic mass is 19.3. The lowest BCUT2D eigenvalue weighted by atomic mass is 9.85. The van der Waals surface area contributed by atoms with E-state index >= 15 is 0 Å². The van der Waals surface area contributed by atoms with E-state index in [1.165, 1.54) is 43.0 Å². The Hall–Kier alpha value is -5.91. The van der Waals surface area contributed by atoms with Crippen LogP contribution in [0, 0.1) is 17.8 Å². The number of alkyl halides is 4. The molecule has 0 bridgehead atoms. The van der Waals surface area contributed by atoms with Crippen LogP contribution in [0.25, 0.3) is 16.7 Å². The summed E-state index contributed by atoms with van der Waals surface area (Å²) < 4.78 is 64.4. The van der Waals surface area contributed by atoms with Crippen LogP contribution in [0.4, 0.5) is 23.2 Å². The van der Waals surface area contributed by atoms with E-state index in [0.717, 1.165) is 58.4 Å². The summed E-state index contributed by atoms with van der Waals surface area (Å²) in [6, 6.07) is 6.07. The molecule has 3 aliphatic heterocycles. The minimum absolute atomic E-state index is 0.0243. The number of benzene rings is 1. The second-order valence-electron chi connectivity index (χ2n) is 17.6. The van der Waals surface area contributed by atoms with Crippen LogP contribution < -0.4 is 16.3 Å². The Morgan fingerprint density at radius 1 is 0.984 bits per heavy atom. The minimum atomic E-state index is -3.02. The number of carbonyl (C=O) groups excluding carboxylic acids is 3. The first-order valence-electron chi connectivity index (χ1n) is 21.8. The number of likely N-dealkylation sites (tertiary alicyclic amines) is 1. The first-order valence-corrected chi connectivity index (χ1v) is 21.8. The van der Waals surface area contributed by atoms with E-state index in [0.29, 0.717) is 35.6 Å². The standard InChI is InChI=1S/C44H50F4N12O4/c1-54-17-14-31(44(47,48)26-54)32-15-18-58-40(50-32)30(23-49-58)41(62)51-33-25-59(53-37(33)39(45)46)29-10-8-27(9-11-29)24-57-21-19-56(20-22-57)16-4-6-28-5-3-7-34-38(28)55(2)43(64)60(34)35-12-13-36(61)52-42(35)63/h3,5,7,15,18,23,25,27,29,31,35,39H,8-14,16-17,19-22,24,26H2,1-2H3,(H,51,62)(H,52,61,63)/t27-,29-,31?,35?. The smallest absolute Gasteiger partial charge is 0.319 e. The molecule has 2 atom stereocenters. The number of imide groups is 1. The summed E-state index contributed by atoms with van der Waals surface area (Å²) in [5, 5.41) is 13.3. The van der Waals surface area contributed by atoms with Gasteiger partial charge in [0.1, 0.15) is 11.6 Å². The Bertz CT molecular complexity index is 2720. The largest absolute Gasteiger partial charge is 0.329 e. The van der Waals surface area contributed by atoms with E-state index in [1.54, 1.807) is 25.1 Å². The Morgan fingerprint density at radius 3 is 2.48 bits per heavy atom. The van der Waals surface area contributed by atoms with E-state index in [1.807, 2.05) is 12.1 Å². The average molecular weight is 887 g/mol. The number of amides is 3. The molecule has 64 heavy (non-hydrogen) atoms. The summed E-state index contributed by atoms with van der Waals surface area (Å²) in [5.74, 6) is 1.27. The number of nitrogens with one attached hydrogen (secondary N) is 2. The van der Waals surface area contributed by atoms with Crippen LogP contribution in [0.3, 0.4) is 0 Å². The second-order valence-corrected chi connectivity index (χ2v) is 17.6. The predicted octanol–water partition coefficient (Wildman–Crippen LogP) is 4.20. The van der Waals surface area contributed by atoms with Crippen molar-refractivity contribution in [1.29, 1.82) is 0 Å². The van der Waals surface area contributed by atoms with Crippen molar-refractivity contribution in [3.05, 3.63) is 75.9 Å². The summed E-state index contributed by atoms with van der Waals surface area (Å²) in [6.07, 6.45) is 5.14. The molecular weight excluding hydrogens is 837 g/mol. The number of anilines is 1. The Kier molecular flexibility index (Phi) is 11.9. The van der Waals surface area contributed by atoms with E-state index in [9.17, 15) is 36.7 Å². The molecule has 0 radical (unpaired) electrons. The van der Waals surface area contributed by atoms with E-state index in [-0.39, 0.29) is 59.5 Å². The highest BCUT2D eigenvalue weighted by Crippen LogP contribution is 2.40. The van der Waals surface area contributed by atoms with Gasteiger partial charge in [-0.05, 0) is 76.2 Å². The third-order valence-corrected chi connectivity index (χ3v) is 13.3. The van der Waals surface area contributed by atoms with E-state index in [4.69, 9.17) is 0 Å². The highest BCUT2D eigenvalue weighted by Gasteiger charge is 2.45. The second kappa shape index (κ2) is 17.6. The van der Waals surface area contributed by atoms with Crippen molar-refractivity contribution in [1.82, 2.24) is 53.5 Å². The van der Waals surface area contributed by atoms with Crippen LogP contribution in [0.5, 0.6) is 0 Å². The molecule has 5 aromatic rings. The molecule has 9 rings (SSSR count). The topological polar surface area (TPSA) is 160 Å². The van der Waals surface area contributed by atoms with Crippen molar-refractivity contribution in [3.63, 3.8) is 0 Å². The minimum Gasteiger partial charge on any atom is -0.319 e. The quantitative estimate of drug-likeness (QED) is 0.125. The van der Waals surface area contributed by atoms with Gasteiger partial charge < -0.3 is 15.1 Å². The molecule has 338 valence electrons. The normalized spacial score (nSPS) is 23.7. The Labute approximate surface area is 365 Å². The SMILES string of the molecule is CN1CCC(c2ccn3ncc(C(=O)Nc4cn([C@H]5CC[C@H](CN6CCN(CC#Cc7cccc8c7n(C)c(=O)n8C7CCC(=O)NC7=O)CC6)CC5)nc4C(F)F)c3n2)C(F)(F)C1. The predicted molar refractivity (Wildman–Crippen MR) is 227 cm³/mol. The lowest BCUT2D eigenvalue weighted by Gasteiger charge is -2.37. The molecule has 4 aliphatic rings. The number of halogens is 4. The Balaban J connectivity index is 0.774. The third-order valence-electron chi connectivity index (χ3n) is 13.3. The zero-order valence-electron chi connectivity index (χ0n) is 35.7. The van der Waals surface area contributed by atoms with Crippen molar-refractivity contribution < 1.29 is 31.9 Å². The molecule has 3 amide bonds. The maximum absolute atomic E-state index is 15.0. The molecule has 20 heteroatoms. The third kappa shape index (κ3) is 8.55. The fourth-order valence-electron chi connectivity index (χ4n) is 9.85. The summed E-state index contributed by atoms with van der Waals surface area (Å²) in [6.45, 7) is 5.01. The van der Waals surface area contributed by atoms with Crippen LogP contribution in [-0.2, 0) is 16.6 Å². The van der Waals surface area contributed by atoms with Gasteiger partial charge in [0.25, 0.3) is 18.3 Å². The number of carbonyl (C=O) groups is 3. The van der Waals surface area contributed by atoms with Crippen LogP contribution in [0.15, 0.2) is 47.7 Å². The number of hydrogen-bond donors (Lipinski definition) is 2. The molecule has 16 nitrogen and oxygen atoms in total. The Morgan fingerprint density at radius 2 is 1.75 bits per heavy atom. The van der Waals surface area contributed by atoms with Gasteiger partial charge in [-0.25, -0.2) is 31.9 Å². The number of hydrogen-bond acceptors (Lipinski definition) is 10. The van der Waals surface area contributed by atoms with Gasteiger partial charge in [0.05, 0.1) is 59.2 Å². The maximum Gasteiger partial charge on any atom is 0.329 e. The van der Waals surface area contributed by atoms with Gasteiger partial charge >= 0.3 is 5.69 Å². The molecule has 1 aliphatic carbocycles. The van der Waals surface area contributed by atoms with Gasteiger partial charge in [-0.3, -0.25) is 38.4 Å². The average Bonchev–Trinajstić information content (AvgIpc) is 3.96. The van der Waals surface area contributed by atoms with Gasteiger partial charge in [-0.2, -0.15) is 10.2 Å². The number of rotatable bonds is 9. The number of aryl methyl sites for hydroxylation is 1. The number of imidazole rings is 1. The summed E-state index contributed by atoms with van der Waals surface area (Å²) >= 11 is 0. The summed E-state index contributed by atoms with van der Waals surface area (Å²) in [4.78, 5) is 61.9. The first-order chi connectivity index (χ1) is 30.7. The zero-order chi connectivity index (χ0) is 44.9. The number of aromatic nitrogens is 7. The maximum atomic E-state index is 15.0. The fourth-order valence-corrected chi connectivity index (χ4v) is 9.85. The van der Waals surface area contributed by atoms with E-state index < -0.39 is 48.4 Å². The van der Waals surface area contributed by atoms with Gasteiger partial charge in [0, 0.05) is 58.6 Å². The molecule has 4 aromatic heterocycles. The molecule has 2 N–H and O–H groups in total. The molecule has 4 fully saturated rings. The van der Waals surface area contributed by atoms with Crippen LogP contribution in [0.2, 0.25) is 0 Å². The number of piperazine rings is 1. The van der Waals surface area contributed by atoms with Crippen LogP contribution in [-0.4, -0.2) is 131 Å². The number of fused-ring (bicyclic) bond motifs is 2. The van der Waals surface area contributed by atoms with Gasteiger partial charge in [-0.15, -0.1) is 0 Å².